The molecular weight excluding hydrogens is 464 g/mol. The van der Waals surface area contributed by atoms with Gasteiger partial charge in [-0.3, -0.25) is 4.79 Å². The summed E-state index contributed by atoms with van der Waals surface area (Å²) in [6.45, 7) is 7.49. The lowest BCUT2D eigenvalue weighted by Crippen LogP contribution is -2.30. The van der Waals surface area contributed by atoms with Crippen LogP contribution in [-0.4, -0.2) is 57.3 Å². The molecule has 0 atom stereocenters. The molecule has 0 spiro atoms. The van der Waals surface area contributed by atoms with Crippen LogP contribution in [0.5, 0.6) is 11.5 Å². The number of nitrogens with zero attached hydrogens (tertiary/aromatic N) is 5. The van der Waals surface area contributed by atoms with E-state index in [9.17, 15) is 4.79 Å². The molecule has 1 fully saturated rings. The Balaban J connectivity index is 1.26. The van der Waals surface area contributed by atoms with Crippen LogP contribution in [0, 0.1) is 0 Å². The van der Waals surface area contributed by atoms with Crippen molar-refractivity contribution in [2.45, 2.75) is 50.1 Å². The molecule has 0 saturated carbocycles. The van der Waals surface area contributed by atoms with Gasteiger partial charge in [0.05, 0.1) is 18.1 Å². The number of carbonyl (C=O) groups excluding carboxylic acids is 1. The van der Waals surface area contributed by atoms with Crippen LogP contribution in [0.1, 0.15) is 38.7 Å². The van der Waals surface area contributed by atoms with E-state index >= 15 is 0 Å². The third kappa shape index (κ3) is 5.53. The number of hydrogen-bond donors (Lipinski definition) is 1. The van der Waals surface area contributed by atoms with E-state index in [-0.39, 0.29) is 12.7 Å². The maximum atomic E-state index is 12.4. The first-order valence-corrected chi connectivity index (χ1v) is 13.0. The fourth-order valence-electron chi connectivity index (χ4n) is 4.23. The first kappa shape index (κ1) is 23.5. The van der Waals surface area contributed by atoms with E-state index in [1.54, 1.807) is 17.8 Å². The summed E-state index contributed by atoms with van der Waals surface area (Å²) in [6, 6.07) is 5.59. The summed E-state index contributed by atoms with van der Waals surface area (Å²) in [4.78, 5) is 24.4. The van der Waals surface area contributed by atoms with Crippen LogP contribution >= 0.6 is 11.8 Å². The second kappa shape index (κ2) is 10.6. The van der Waals surface area contributed by atoms with Gasteiger partial charge in [-0.1, -0.05) is 31.7 Å². The molecule has 3 aromatic rings. The summed E-state index contributed by atoms with van der Waals surface area (Å²) < 4.78 is 12.6. The molecular formula is C25H30N6O3S. The fourth-order valence-corrected chi connectivity index (χ4v) is 4.93. The highest BCUT2D eigenvalue weighted by Crippen LogP contribution is 2.33. The van der Waals surface area contributed by atoms with Crippen molar-refractivity contribution in [3.05, 3.63) is 36.0 Å². The van der Waals surface area contributed by atoms with E-state index in [4.69, 9.17) is 19.4 Å². The Morgan fingerprint density at radius 2 is 2.00 bits per heavy atom. The van der Waals surface area contributed by atoms with E-state index in [0.717, 1.165) is 46.4 Å². The van der Waals surface area contributed by atoms with Gasteiger partial charge in [-0.25, -0.2) is 14.6 Å². The number of piperidine rings is 1. The van der Waals surface area contributed by atoms with Gasteiger partial charge in [-0.15, -0.1) is 0 Å². The molecule has 4 heterocycles. The van der Waals surface area contributed by atoms with Crippen molar-refractivity contribution in [2.24, 2.45) is 0 Å². The number of nitrogens with one attached hydrogen (secondary N) is 1. The van der Waals surface area contributed by atoms with Gasteiger partial charge in [-0.05, 0) is 43.0 Å². The summed E-state index contributed by atoms with van der Waals surface area (Å²) in [7, 11) is 0. The van der Waals surface area contributed by atoms with E-state index in [2.05, 4.69) is 29.2 Å². The number of hydrogen-bond acceptors (Lipinski definition) is 8. The molecule has 0 bridgehead atoms. The molecule has 1 saturated heterocycles. The molecule has 2 aliphatic rings. The fraction of sp³-hybridized carbons (Fsp3) is 0.440. The smallest absolute Gasteiger partial charge is 0.244 e. The topological polar surface area (TPSA) is 94.4 Å². The van der Waals surface area contributed by atoms with Gasteiger partial charge in [0.2, 0.25) is 12.7 Å². The van der Waals surface area contributed by atoms with E-state index < -0.39 is 0 Å². The predicted octanol–water partition coefficient (Wildman–Crippen LogP) is 3.88. The van der Waals surface area contributed by atoms with Crippen LogP contribution < -0.4 is 19.7 Å². The van der Waals surface area contributed by atoms with Crippen molar-refractivity contribution in [2.75, 3.05) is 31.3 Å². The first-order chi connectivity index (χ1) is 17.1. The van der Waals surface area contributed by atoms with Crippen molar-refractivity contribution in [1.29, 1.82) is 0 Å². The minimum absolute atomic E-state index is 0.168. The lowest BCUT2D eigenvalue weighted by molar-refractivity contribution is -0.116. The van der Waals surface area contributed by atoms with Crippen LogP contribution in [0.4, 0.5) is 5.82 Å². The number of anilines is 1. The van der Waals surface area contributed by atoms with Crippen molar-refractivity contribution >= 4 is 40.6 Å². The van der Waals surface area contributed by atoms with Crippen LogP contribution in [0.25, 0.3) is 17.1 Å². The zero-order valence-corrected chi connectivity index (χ0v) is 20.9. The Bertz CT molecular complexity index is 1240. The van der Waals surface area contributed by atoms with E-state index in [1.165, 1.54) is 25.3 Å². The van der Waals surface area contributed by atoms with Crippen molar-refractivity contribution in [3.63, 3.8) is 0 Å². The van der Waals surface area contributed by atoms with Gasteiger partial charge in [-0.2, -0.15) is 5.10 Å². The van der Waals surface area contributed by atoms with Gasteiger partial charge >= 0.3 is 0 Å². The maximum Gasteiger partial charge on any atom is 0.244 e. The second-order valence-electron chi connectivity index (χ2n) is 8.89. The largest absolute Gasteiger partial charge is 0.454 e. The monoisotopic (exact) mass is 494 g/mol. The number of thioether (sulfide) groups is 1. The van der Waals surface area contributed by atoms with Crippen LogP contribution in [0.15, 0.2) is 35.6 Å². The second-order valence-corrected chi connectivity index (χ2v) is 10.4. The lowest BCUT2D eigenvalue weighted by atomic mass is 10.1. The number of aromatic nitrogens is 4. The molecule has 2 aliphatic heterocycles. The molecule has 5 rings (SSSR count). The Hall–Kier alpha value is -3.27. The molecule has 0 unspecified atom stereocenters. The minimum atomic E-state index is -0.168. The van der Waals surface area contributed by atoms with Gasteiger partial charge < -0.3 is 19.7 Å². The Morgan fingerprint density at radius 1 is 1.17 bits per heavy atom. The molecule has 10 heteroatoms. The third-order valence-corrected chi connectivity index (χ3v) is 6.76. The Kier molecular flexibility index (Phi) is 7.08. The lowest BCUT2D eigenvalue weighted by Gasteiger charge is -2.28. The van der Waals surface area contributed by atoms with Crippen molar-refractivity contribution in [1.82, 2.24) is 25.1 Å². The highest BCUT2D eigenvalue weighted by atomic mass is 32.2. The van der Waals surface area contributed by atoms with E-state index in [0.29, 0.717) is 24.1 Å². The highest BCUT2D eigenvalue weighted by Gasteiger charge is 2.20. The number of carbonyl (C=O) groups is 1. The third-order valence-electron chi connectivity index (χ3n) is 5.90. The summed E-state index contributed by atoms with van der Waals surface area (Å²) in [5.41, 5.74) is 1.69. The number of benzene rings is 1. The van der Waals surface area contributed by atoms with Crippen LogP contribution in [-0.2, 0) is 11.3 Å². The van der Waals surface area contributed by atoms with Crippen molar-refractivity contribution in [3.8, 4) is 11.5 Å². The van der Waals surface area contributed by atoms with Crippen molar-refractivity contribution < 1.29 is 14.3 Å². The zero-order chi connectivity index (χ0) is 24.2. The zero-order valence-electron chi connectivity index (χ0n) is 20.1. The molecule has 35 heavy (non-hydrogen) atoms. The van der Waals surface area contributed by atoms with Gasteiger partial charge in [0.15, 0.2) is 22.3 Å². The highest BCUT2D eigenvalue weighted by molar-refractivity contribution is 7.99. The quantitative estimate of drug-likeness (QED) is 0.287. The number of rotatable bonds is 8. The maximum absolute atomic E-state index is 12.4. The first-order valence-electron chi connectivity index (χ1n) is 12.1. The molecule has 1 amide bonds. The Labute approximate surface area is 208 Å². The van der Waals surface area contributed by atoms with Crippen LogP contribution in [0.3, 0.4) is 0 Å². The molecule has 2 aromatic heterocycles. The predicted molar refractivity (Wildman–Crippen MR) is 137 cm³/mol. The summed E-state index contributed by atoms with van der Waals surface area (Å²) >= 11 is 1.66. The summed E-state index contributed by atoms with van der Waals surface area (Å²) in [5.74, 6) is 2.22. The van der Waals surface area contributed by atoms with Gasteiger partial charge in [0.1, 0.15) is 5.82 Å². The molecule has 1 N–H and O–H groups in total. The molecule has 184 valence electrons. The average molecular weight is 495 g/mol. The number of ether oxygens (including phenoxy) is 2. The molecule has 0 aliphatic carbocycles. The van der Waals surface area contributed by atoms with Crippen LogP contribution in [0.2, 0.25) is 0 Å². The SMILES string of the molecule is CC(C)Sc1nc(N2CCCCC2)c2cnn(CCNC(=O)/C=C\c3ccc4c(c3)OCO4)c2n1. The normalized spacial score (nSPS) is 15.5. The standard InChI is InChI=1S/C25H30N6O3S/c1-17(2)35-25-28-23(30-11-4-3-5-12-30)19-15-27-31(24(19)29-25)13-10-26-22(32)9-7-18-6-8-20-21(14-18)34-16-33-20/h6-9,14-15,17H,3-5,10-13,16H2,1-2H3,(H,26,32)/b9-7-. The summed E-state index contributed by atoms with van der Waals surface area (Å²) in [5, 5.41) is 9.63. The summed E-state index contributed by atoms with van der Waals surface area (Å²) in [6.07, 6.45) is 8.75. The molecule has 0 radical (unpaired) electrons. The van der Waals surface area contributed by atoms with E-state index in [1.807, 2.05) is 29.1 Å². The van der Waals surface area contributed by atoms with Gasteiger partial charge in [0, 0.05) is 31.0 Å². The molecule has 9 nitrogen and oxygen atoms in total. The minimum Gasteiger partial charge on any atom is -0.454 e. The number of fused-ring (bicyclic) bond motifs is 2. The average Bonchev–Trinajstić information content (AvgIpc) is 3.49. The number of amides is 1. The molecule has 1 aromatic carbocycles. The van der Waals surface area contributed by atoms with Gasteiger partial charge in [0.25, 0.3) is 0 Å². The Morgan fingerprint density at radius 3 is 2.83 bits per heavy atom.